The average Bonchev–Trinajstić information content (AvgIpc) is 3.79. The number of ether oxygens (including phenoxy) is 4. The molecule has 2 heterocycles. The molecule has 6 rings (SSSR count). The largest absolute Gasteiger partial charge is 0.489 e. The zero-order chi connectivity index (χ0) is 26.7. The number of hydrogen-bond donors (Lipinski definition) is 0. The summed E-state index contributed by atoms with van der Waals surface area (Å²) >= 11 is 8.85. The van der Waals surface area contributed by atoms with Crippen molar-refractivity contribution in [2.75, 3.05) is 13.2 Å². The van der Waals surface area contributed by atoms with E-state index in [-0.39, 0.29) is 24.3 Å². The van der Waals surface area contributed by atoms with Crippen LogP contribution in [-0.4, -0.2) is 35.6 Å². The Morgan fingerprint density at radius 2 is 1.82 bits per heavy atom. The Hall–Kier alpha value is -2.30. The van der Waals surface area contributed by atoms with Crippen LogP contribution in [0, 0.1) is 3.57 Å². The molecule has 3 aromatic carbocycles. The van der Waals surface area contributed by atoms with Gasteiger partial charge in [-0.25, -0.2) is 9.97 Å². The SMILES string of the molecule is Clc1nc(C(COC2CCCCO2)(OC2CC2)c2cccc(OCc3ccccc3)c2)c2cc(I)ccc2n1. The molecule has 2 unspecified atom stereocenters. The minimum absolute atomic E-state index is 0.0985. The summed E-state index contributed by atoms with van der Waals surface area (Å²) in [5.74, 6) is 0.744. The fraction of sp³-hybridized carbons (Fsp3) is 0.355. The standard InChI is InChI=1S/C31H30ClIN2O4/c32-30-34-27-15-12-23(33)18-26(27)29(35-30)31(39-24-13-14-24,20-38-28-11-4-5-16-36-28)22-9-6-10-25(17-22)37-19-21-7-2-1-3-8-21/h1-3,6-10,12,15,17-18,24,28H,4-5,11,13-14,16,19-20H2. The predicted molar refractivity (Wildman–Crippen MR) is 159 cm³/mol. The van der Waals surface area contributed by atoms with Crippen molar-refractivity contribution in [2.45, 2.75) is 56.7 Å². The average molecular weight is 657 g/mol. The van der Waals surface area contributed by atoms with E-state index in [1.807, 2.05) is 48.5 Å². The summed E-state index contributed by atoms with van der Waals surface area (Å²) in [6.07, 6.45) is 4.76. The zero-order valence-corrected chi connectivity index (χ0v) is 24.4. The lowest BCUT2D eigenvalue weighted by atomic mass is 9.87. The number of hydrogen-bond acceptors (Lipinski definition) is 6. The Morgan fingerprint density at radius 1 is 0.949 bits per heavy atom. The van der Waals surface area contributed by atoms with Crippen LogP contribution in [0.2, 0.25) is 5.28 Å². The molecule has 1 aliphatic carbocycles. The van der Waals surface area contributed by atoms with Crippen molar-refractivity contribution >= 4 is 45.1 Å². The van der Waals surface area contributed by atoms with E-state index in [1.54, 1.807) is 0 Å². The summed E-state index contributed by atoms with van der Waals surface area (Å²) < 4.78 is 26.7. The minimum Gasteiger partial charge on any atom is -0.489 e. The second kappa shape index (κ2) is 12.1. The van der Waals surface area contributed by atoms with Crippen molar-refractivity contribution in [2.24, 2.45) is 0 Å². The van der Waals surface area contributed by atoms with E-state index in [9.17, 15) is 0 Å². The molecule has 1 saturated carbocycles. The van der Waals surface area contributed by atoms with E-state index in [0.29, 0.717) is 18.9 Å². The number of benzene rings is 3. The first-order valence-corrected chi connectivity index (χ1v) is 14.9. The molecule has 1 aromatic heterocycles. The van der Waals surface area contributed by atoms with E-state index < -0.39 is 5.60 Å². The first-order chi connectivity index (χ1) is 19.1. The zero-order valence-electron chi connectivity index (χ0n) is 21.5. The lowest BCUT2D eigenvalue weighted by Crippen LogP contribution is -2.41. The fourth-order valence-corrected chi connectivity index (χ4v) is 5.59. The molecule has 2 fully saturated rings. The summed E-state index contributed by atoms with van der Waals surface area (Å²) in [4.78, 5) is 9.34. The van der Waals surface area contributed by atoms with Crippen LogP contribution < -0.4 is 4.74 Å². The number of fused-ring (bicyclic) bond motifs is 1. The van der Waals surface area contributed by atoms with Crippen molar-refractivity contribution in [3.8, 4) is 5.75 Å². The van der Waals surface area contributed by atoms with Crippen LogP contribution in [0.4, 0.5) is 0 Å². The molecule has 0 spiro atoms. The van der Waals surface area contributed by atoms with Gasteiger partial charge in [-0.2, -0.15) is 0 Å². The number of aromatic nitrogens is 2. The van der Waals surface area contributed by atoms with Crippen molar-refractivity contribution < 1.29 is 18.9 Å². The molecule has 8 heteroatoms. The molecule has 202 valence electrons. The lowest BCUT2D eigenvalue weighted by Gasteiger charge is -2.36. The van der Waals surface area contributed by atoms with Gasteiger partial charge in [0.25, 0.3) is 0 Å². The maximum absolute atomic E-state index is 6.95. The van der Waals surface area contributed by atoms with E-state index in [1.165, 1.54) is 0 Å². The van der Waals surface area contributed by atoms with Crippen molar-refractivity contribution in [3.63, 3.8) is 0 Å². The third-order valence-corrected chi connectivity index (χ3v) is 7.90. The minimum atomic E-state index is -1.04. The molecule has 2 atom stereocenters. The number of nitrogens with zero attached hydrogens (tertiary/aromatic N) is 2. The van der Waals surface area contributed by atoms with Gasteiger partial charge in [0.2, 0.25) is 5.28 Å². The van der Waals surface area contributed by atoms with Gasteiger partial charge in [-0.05, 0) is 108 Å². The maximum Gasteiger partial charge on any atom is 0.223 e. The van der Waals surface area contributed by atoms with Gasteiger partial charge >= 0.3 is 0 Å². The Balaban J connectivity index is 1.45. The summed E-state index contributed by atoms with van der Waals surface area (Å²) in [6, 6.07) is 24.3. The van der Waals surface area contributed by atoms with Gasteiger partial charge in [-0.1, -0.05) is 42.5 Å². The highest BCUT2D eigenvalue weighted by atomic mass is 127. The van der Waals surface area contributed by atoms with Gasteiger partial charge in [-0.3, -0.25) is 0 Å². The van der Waals surface area contributed by atoms with E-state index in [2.05, 4.69) is 51.8 Å². The third kappa shape index (κ3) is 6.38. The van der Waals surface area contributed by atoms with Crippen LogP contribution >= 0.6 is 34.2 Å². The molecular formula is C31H30ClIN2O4. The Morgan fingerprint density at radius 3 is 2.62 bits per heavy atom. The maximum atomic E-state index is 6.95. The second-order valence-corrected chi connectivity index (χ2v) is 11.6. The van der Waals surface area contributed by atoms with Crippen molar-refractivity contribution in [1.29, 1.82) is 0 Å². The van der Waals surface area contributed by atoms with Gasteiger partial charge in [0.05, 0.1) is 23.9 Å². The van der Waals surface area contributed by atoms with Gasteiger partial charge in [0, 0.05) is 15.6 Å². The van der Waals surface area contributed by atoms with E-state index in [4.69, 9.17) is 35.5 Å². The topological polar surface area (TPSA) is 62.7 Å². The molecule has 0 bridgehead atoms. The first kappa shape index (κ1) is 26.9. The molecule has 4 aromatic rings. The molecule has 39 heavy (non-hydrogen) atoms. The van der Waals surface area contributed by atoms with E-state index >= 15 is 0 Å². The lowest BCUT2D eigenvalue weighted by molar-refractivity contribution is -0.197. The summed E-state index contributed by atoms with van der Waals surface area (Å²) in [5.41, 5.74) is 2.41. The predicted octanol–water partition coefficient (Wildman–Crippen LogP) is 7.43. The van der Waals surface area contributed by atoms with E-state index in [0.717, 1.165) is 63.5 Å². The van der Waals surface area contributed by atoms with Gasteiger partial charge in [0.1, 0.15) is 12.4 Å². The Kier molecular flexibility index (Phi) is 8.32. The molecule has 0 N–H and O–H groups in total. The highest BCUT2D eigenvalue weighted by molar-refractivity contribution is 14.1. The third-order valence-electron chi connectivity index (χ3n) is 7.06. The molecule has 2 aliphatic rings. The smallest absolute Gasteiger partial charge is 0.223 e. The molecule has 1 aliphatic heterocycles. The Bertz CT molecular complexity index is 1430. The van der Waals surface area contributed by atoms with Crippen LogP contribution in [0.5, 0.6) is 5.75 Å². The van der Waals surface area contributed by atoms with Crippen molar-refractivity contribution in [3.05, 3.63) is 98.5 Å². The van der Waals surface area contributed by atoms with Crippen molar-refractivity contribution in [1.82, 2.24) is 9.97 Å². The molecule has 1 saturated heterocycles. The van der Waals surface area contributed by atoms with Crippen LogP contribution in [0.3, 0.4) is 0 Å². The molecule has 0 radical (unpaired) electrons. The van der Waals surface area contributed by atoms with Gasteiger partial charge in [-0.15, -0.1) is 0 Å². The number of rotatable bonds is 10. The monoisotopic (exact) mass is 656 g/mol. The summed E-state index contributed by atoms with van der Waals surface area (Å²) in [6.45, 7) is 1.39. The fourth-order valence-electron chi connectivity index (χ4n) is 4.93. The summed E-state index contributed by atoms with van der Waals surface area (Å²) in [5, 5.41) is 1.06. The number of halogens is 2. The second-order valence-electron chi connectivity index (χ2n) is 10.1. The van der Waals surface area contributed by atoms with Gasteiger partial charge in [0.15, 0.2) is 11.9 Å². The molecule has 0 amide bonds. The summed E-state index contributed by atoms with van der Waals surface area (Å²) in [7, 11) is 0. The molecular weight excluding hydrogens is 627 g/mol. The Labute approximate surface area is 247 Å². The van der Waals surface area contributed by atoms with Crippen LogP contribution in [0.1, 0.15) is 48.9 Å². The molecule has 6 nitrogen and oxygen atoms in total. The first-order valence-electron chi connectivity index (χ1n) is 13.4. The normalized spacial score (nSPS) is 19.1. The quantitative estimate of drug-likeness (QED) is 0.131. The van der Waals surface area contributed by atoms with Crippen LogP contribution in [0.15, 0.2) is 72.8 Å². The van der Waals surface area contributed by atoms with Crippen LogP contribution in [0.25, 0.3) is 10.9 Å². The highest BCUT2D eigenvalue weighted by Crippen LogP contribution is 2.44. The van der Waals surface area contributed by atoms with Crippen LogP contribution in [-0.2, 0) is 26.4 Å². The van der Waals surface area contributed by atoms with Gasteiger partial charge < -0.3 is 18.9 Å². The highest BCUT2D eigenvalue weighted by Gasteiger charge is 2.45.